The average molecular weight is 219 g/mol. The number of hydrogen-bond acceptors (Lipinski definition) is 3. The predicted molar refractivity (Wildman–Crippen MR) is 65.6 cm³/mol. The molecule has 2 unspecified atom stereocenters. The van der Waals surface area contributed by atoms with Crippen molar-refractivity contribution in [2.75, 3.05) is 12.4 Å². The fourth-order valence-corrected chi connectivity index (χ4v) is 2.50. The van der Waals surface area contributed by atoms with Crippen LogP contribution in [0.1, 0.15) is 34.6 Å². The fourth-order valence-electron chi connectivity index (χ4n) is 1.14. The van der Waals surface area contributed by atoms with Gasteiger partial charge in [-0.2, -0.15) is 11.8 Å². The summed E-state index contributed by atoms with van der Waals surface area (Å²) in [5.74, 6) is 1.72. The molecule has 0 saturated heterocycles. The lowest BCUT2D eigenvalue weighted by Gasteiger charge is -2.33. The molecule has 0 amide bonds. The molecule has 3 heteroatoms. The predicted octanol–water partition coefficient (Wildman–Crippen LogP) is 2.11. The molecule has 2 atom stereocenters. The average Bonchev–Trinajstić information content (AvgIpc) is 2.03. The molecule has 0 aromatic heterocycles. The summed E-state index contributed by atoms with van der Waals surface area (Å²) in [5.41, 5.74) is 6.18. The van der Waals surface area contributed by atoms with Crippen LogP contribution < -0.4 is 5.73 Å². The van der Waals surface area contributed by atoms with E-state index in [-0.39, 0.29) is 23.3 Å². The van der Waals surface area contributed by atoms with Gasteiger partial charge in [-0.25, -0.2) is 0 Å². The van der Waals surface area contributed by atoms with E-state index in [1.165, 1.54) is 0 Å². The van der Waals surface area contributed by atoms with Crippen LogP contribution in [-0.2, 0) is 0 Å². The molecule has 86 valence electrons. The zero-order valence-electron chi connectivity index (χ0n) is 10.1. The van der Waals surface area contributed by atoms with Crippen LogP contribution in [0.5, 0.6) is 0 Å². The lowest BCUT2D eigenvalue weighted by molar-refractivity contribution is 0.233. The van der Waals surface area contributed by atoms with Gasteiger partial charge < -0.3 is 10.8 Å². The van der Waals surface area contributed by atoms with E-state index >= 15 is 0 Å². The van der Waals surface area contributed by atoms with Crippen molar-refractivity contribution < 1.29 is 5.11 Å². The maximum atomic E-state index is 9.27. The van der Waals surface area contributed by atoms with Gasteiger partial charge in [0.15, 0.2) is 0 Å². The lowest BCUT2D eigenvalue weighted by atomic mass is 9.85. The summed E-state index contributed by atoms with van der Waals surface area (Å²) in [4.78, 5) is 0. The van der Waals surface area contributed by atoms with E-state index in [0.29, 0.717) is 5.92 Å². The van der Waals surface area contributed by atoms with Crippen molar-refractivity contribution in [3.8, 4) is 0 Å². The highest BCUT2D eigenvalue weighted by Crippen LogP contribution is 2.27. The van der Waals surface area contributed by atoms with Crippen molar-refractivity contribution in [3.05, 3.63) is 0 Å². The SMILES string of the molecule is CC(C)CSC(CO)C(N)C(C)(C)C. The van der Waals surface area contributed by atoms with Gasteiger partial charge in [0.2, 0.25) is 0 Å². The third-order valence-electron chi connectivity index (χ3n) is 2.22. The van der Waals surface area contributed by atoms with Crippen molar-refractivity contribution in [2.45, 2.75) is 45.9 Å². The number of thioether (sulfide) groups is 1. The molecule has 0 saturated carbocycles. The van der Waals surface area contributed by atoms with Gasteiger partial charge in [-0.1, -0.05) is 34.6 Å². The number of rotatable bonds is 5. The van der Waals surface area contributed by atoms with Crippen LogP contribution in [0.2, 0.25) is 0 Å². The maximum Gasteiger partial charge on any atom is 0.0565 e. The summed E-state index contributed by atoms with van der Waals surface area (Å²) in [5, 5.41) is 9.44. The molecule has 0 rings (SSSR count). The van der Waals surface area contributed by atoms with E-state index in [1.807, 2.05) is 0 Å². The fraction of sp³-hybridized carbons (Fsp3) is 1.00. The molecule has 14 heavy (non-hydrogen) atoms. The Morgan fingerprint density at radius 1 is 1.29 bits per heavy atom. The van der Waals surface area contributed by atoms with Crippen LogP contribution in [0.4, 0.5) is 0 Å². The molecule has 2 nitrogen and oxygen atoms in total. The largest absolute Gasteiger partial charge is 0.395 e. The van der Waals surface area contributed by atoms with E-state index in [1.54, 1.807) is 11.8 Å². The van der Waals surface area contributed by atoms with E-state index in [0.717, 1.165) is 5.75 Å². The van der Waals surface area contributed by atoms with Crippen LogP contribution in [0.15, 0.2) is 0 Å². The molecule has 0 fully saturated rings. The van der Waals surface area contributed by atoms with Crippen LogP contribution >= 0.6 is 11.8 Å². The van der Waals surface area contributed by atoms with Gasteiger partial charge in [0, 0.05) is 11.3 Å². The van der Waals surface area contributed by atoms with Gasteiger partial charge in [0.05, 0.1) is 6.61 Å². The number of aliphatic hydroxyl groups excluding tert-OH is 1. The van der Waals surface area contributed by atoms with E-state index in [9.17, 15) is 5.11 Å². The highest BCUT2D eigenvalue weighted by molar-refractivity contribution is 8.00. The van der Waals surface area contributed by atoms with Gasteiger partial charge >= 0.3 is 0 Å². The van der Waals surface area contributed by atoms with Crippen LogP contribution in [-0.4, -0.2) is 28.8 Å². The minimum absolute atomic E-state index is 0.0521. The van der Waals surface area contributed by atoms with Crippen LogP contribution in [0.3, 0.4) is 0 Å². The first-order valence-corrected chi connectivity index (χ1v) is 6.32. The van der Waals surface area contributed by atoms with E-state index < -0.39 is 0 Å². The molecule has 0 bridgehead atoms. The van der Waals surface area contributed by atoms with Crippen molar-refractivity contribution in [1.82, 2.24) is 0 Å². The van der Waals surface area contributed by atoms with E-state index in [2.05, 4.69) is 34.6 Å². The zero-order valence-corrected chi connectivity index (χ0v) is 10.9. The van der Waals surface area contributed by atoms with Crippen molar-refractivity contribution in [3.63, 3.8) is 0 Å². The lowest BCUT2D eigenvalue weighted by Crippen LogP contribution is -2.45. The Balaban J connectivity index is 4.13. The third-order valence-corrected chi connectivity index (χ3v) is 3.95. The Labute approximate surface area is 92.6 Å². The first-order chi connectivity index (χ1) is 6.29. The second-order valence-electron chi connectivity index (χ2n) is 5.34. The second-order valence-corrected chi connectivity index (χ2v) is 6.61. The van der Waals surface area contributed by atoms with Gasteiger partial charge in [0.25, 0.3) is 0 Å². The minimum Gasteiger partial charge on any atom is -0.395 e. The van der Waals surface area contributed by atoms with Crippen molar-refractivity contribution in [1.29, 1.82) is 0 Å². The summed E-state index contributed by atoms with van der Waals surface area (Å²) in [6.45, 7) is 10.9. The van der Waals surface area contributed by atoms with Gasteiger partial charge in [0.1, 0.15) is 0 Å². The molecular weight excluding hydrogens is 194 g/mol. The molecule has 0 aromatic rings. The Hall–Kier alpha value is 0.270. The smallest absolute Gasteiger partial charge is 0.0565 e. The van der Waals surface area contributed by atoms with E-state index in [4.69, 9.17) is 5.73 Å². The first-order valence-electron chi connectivity index (χ1n) is 5.27. The van der Waals surface area contributed by atoms with Gasteiger partial charge in [-0.15, -0.1) is 0 Å². The van der Waals surface area contributed by atoms with Gasteiger partial charge in [-0.3, -0.25) is 0 Å². The maximum absolute atomic E-state index is 9.27. The summed E-state index contributed by atoms with van der Waals surface area (Å²) < 4.78 is 0. The Morgan fingerprint density at radius 3 is 2.07 bits per heavy atom. The van der Waals surface area contributed by atoms with Crippen LogP contribution in [0.25, 0.3) is 0 Å². The Kier molecular flexibility index (Phi) is 6.10. The molecular formula is C11H25NOS. The van der Waals surface area contributed by atoms with Crippen LogP contribution in [0, 0.1) is 11.3 Å². The molecule has 0 aromatic carbocycles. The first kappa shape index (κ1) is 14.3. The molecule has 0 aliphatic heterocycles. The summed E-state index contributed by atoms with van der Waals surface area (Å²) in [7, 11) is 0. The number of nitrogens with two attached hydrogens (primary N) is 1. The normalized spacial score (nSPS) is 17.1. The topological polar surface area (TPSA) is 46.2 Å². The molecule has 0 aliphatic carbocycles. The summed E-state index contributed by atoms with van der Waals surface area (Å²) in [6.07, 6.45) is 0. The van der Waals surface area contributed by atoms with Crippen molar-refractivity contribution in [2.24, 2.45) is 17.1 Å². The number of hydrogen-bond donors (Lipinski definition) is 2. The summed E-state index contributed by atoms with van der Waals surface area (Å²) >= 11 is 1.79. The standard InChI is InChI=1S/C11H25NOS/c1-8(2)7-14-9(6-13)10(12)11(3,4)5/h8-10,13H,6-7,12H2,1-5H3. The molecule has 0 heterocycles. The monoisotopic (exact) mass is 219 g/mol. The Morgan fingerprint density at radius 2 is 1.79 bits per heavy atom. The summed E-state index contributed by atoms with van der Waals surface area (Å²) in [6, 6.07) is 0.0521. The highest BCUT2D eigenvalue weighted by Gasteiger charge is 2.28. The Bertz CT molecular complexity index is 154. The van der Waals surface area contributed by atoms with Gasteiger partial charge in [-0.05, 0) is 17.1 Å². The van der Waals surface area contributed by atoms with Crippen molar-refractivity contribution >= 4 is 11.8 Å². The highest BCUT2D eigenvalue weighted by atomic mass is 32.2. The molecule has 0 spiro atoms. The third kappa shape index (κ3) is 5.23. The quantitative estimate of drug-likeness (QED) is 0.744. The molecule has 0 aliphatic rings. The zero-order chi connectivity index (χ0) is 11.4. The molecule has 3 N–H and O–H groups in total. The second kappa shape index (κ2) is 5.99. The minimum atomic E-state index is 0.0521. The molecule has 0 radical (unpaired) electrons. The number of aliphatic hydroxyl groups is 1.